The maximum atomic E-state index is 12.6. The number of carboxylic acids is 1. The first-order valence-electron chi connectivity index (χ1n) is 6.62. The van der Waals surface area contributed by atoms with Gasteiger partial charge in [-0.15, -0.1) is 0 Å². The van der Waals surface area contributed by atoms with E-state index in [4.69, 9.17) is 23.2 Å². The van der Waals surface area contributed by atoms with Crippen LogP contribution in [0.5, 0.6) is 0 Å². The summed E-state index contributed by atoms with van der Waals surface area (Å²) in [6.45, 7) is 0. The van der Waals surface area contributed by atoms with Gasteiger partial charge in [0.05, 0.1) is 37.3 Å². The Hall–Kier alpha value is -2.97. The van der Waals surface area contributed by atoms with Gasteiger partial charge in [-0.05, 0) is 18.2 Å². The third kappa shape index (κ3) is 2.61. The van der Waals surface area contributed by atoms with Crippen LogP contribution in [0, 0.1) is 10.1 Å². The van der Waals surface area contributed by atoms with Crippen LogP contribution in [-0.4, -0.2) is 27.8 Å². The van der Waals surface area contributed by atoms with Gasteiger partial charge < -0.3 is 5.11 Å². The third-order valence-electron chi connectivity index (χ3n) is 3.59. The van der Waals surface area contributed by atoms with Crippen molar-refractivity contribution in [3.05, 3.63) is 67.2 Å². The monoisotopic (exact) mass is 380 g/mol. The Kier molecular flexibility index (Phi) is 3.94. The van der Waals surface area contributed by atoms with E-state index in [2.05, 4.69) is 0 Å². The first-order valence-corrected chi connectivity index (χ1v) is 7.37. The number of halogens is 2. The van der Waals surface area contributed by atoms with E-state index < -0.39 is 39.6 Å². The molecule has 0 saturated carbocycles. The maximum Gasteiger partial charge on any atom is 0.337 e. The zero-order valence-corrected chi connectivity index (χ0v) is 13.5. The summed E-state index contributed by atoms with van der Waals surface area (Å²) in [6.07, 6.45) is 0. The number of carbonyl (C=O) groups is 3. The highest BCUT2D eigenvalue weighted by molar-refractivity contribution is 6.44. The molecule has 0 aliphatic carbocycles. The van der Waals surface area contributed by atoms with E-state index in [9.17, 15) is 29.6 Å². The van der Waals surface area contributed by atoms with Crippen molar-refractivity contribution in [1.29, 1.82) is 0 Å². The van der Waals surface area contributed by atoms with Gasteiger partial charge in [0.25, 0.3) is 17.5 Å². The van der Waals surface area contributed by atoms with E-state index in [1.54, 1.807) is 0 Å². The molecule has 25 heavy (non-hydrogen) atoms. The Bertz CT molecular complexity index is 947. The predicted molar refractivity (Wildman–Crippen MR) is 87.7 cm³/mol. The van der Waals surface area contributed by atoms with Crippen molar-refractivity contribution in [3.8, 4) is 0 Å². The third-order valence-corrected chi connectivity index (χ3v) is 4.31. The minimum absolute atomic E-state index is 0.0425. The van der Waals surface area contributed by atoms with Crippen LogP contribution in [0.25, 0.3) is 0 Å². The van der Waals surface area contributed by atoms with Crippen LogP contribution in [0.2, 0.25) is 10.0 Å². The number of fused-ring (bicyclic) bond motifs is 1. The van der Waals surface area contributed by atoms with Crippen molar-refractivity contribution in [2.45, 2.75) is 0 Å². The molecular weight excluding hydrogens is 375 g/mol. The highest BCUT2D eigenvalue weighted by Crippen LogP contribution is 2.36. The smallest absolute Gasteiger partial charge is 0.337 e. The van der Waals surface area contributed by atoms with E-state index in [0.717, 1.165) is 18.2 Å². The molecule has 0 radical (unpaired) electrons. The van der Waals surface area contributed by atoms with Crippen molar-refractivity contribution < 1.29 is 24.4 Å². The molecule has 1 aliphatic rings. The number of non-ortho nitro benzene ring substituents is 1. The standard InChI is InChI=1S/C15H6Cl2N2O6/c16-10-4-8-9(5-11(10)17)14(21)18(13(8)20)12-3-6(19(24)25)1-2-7(12)15(22)23/h1-5H,(H,22,23). The van der Waals surface area contributed by atoms with Gasteiger partial charge in [-0.2, -0.15) is 0 Å². The van der Waals surface area contributed by atoms with Gasteiger partial charge in [0.2, 0.25) is 0 Å². The van der Waals surface area contributed by atoms with Crippen LogP contribution in [-0.2, 0) is 0 Å². The van der Waals surface area contributed by atoms with Gasteiger partial charge in [-0.3, -0.25) is 19.7 Å². The van der Waals surface area contributed by atoms with Crippen LogP contribution in [0.3, 0.4) is 0 Å². The molecule has 2 aromatic carbocycles. The van der Waals surface area contributed by atoms with Gasteiger partial charge in [0.1, 0.15) is 0 Å². The minimum atomic E-state index is -1.45. The van der Waals surface area contributed by atoms with Crippen molar-refractivity contribution >= 4 is 52.4 Å². The number of nitrogens with zero attached hydrogens (tertiary/aromatic N) is 2. The summed E-state index contributed by atoms with van der Waals surface area (Å²) in [7, 11) is 0. The zero-order valence-electron chi connectivity index (χ0n) is 12.0. The van der Waals surface area contributed by atoms with Crippen LogP contribution in [0.15, 0.2) is 30.3 Å². The molecule has 1 N–H and O–H groups in total. The summed E-state index contributed by atoms with van der Waals surface area (Å²) in [5.41, 5.74) is -1.44. The van der Waals surface area contributed by atoms with Crippen molar-refractivity contribution in [1.82, 2.24) is 0 Å². The predicted octanol–water partition coefficient (Wildman–Crippen LogP) is 3.40. The summed E-state index contributed by atoms with van der Waals surface area (Å²) < 4.78 is 0. The van der Waals surface area contributed by atoms with E-state index in [-0.39, 0.29) is 21.2 Å². The van der Waals surface area contributed by atoms with Crippen molar-refractivity contribution in [3.63, 3.8) is 0 Å². The fraction of sp³-hybridized carbons (Fsp3) is 0. The van der Waals surface area contributed by atoms with Gasteiger partial charge in [-0.1, -0.05) is 23.2 Å². The number of hydrogen-bond acceptors (Lipinski definition) is 5. The number of amides is 2. The first kappa shape index (κ1) is 16.9. The largest absolute Gasteiger partial charge is 0.478 e. The lowest BCUT2D eigenvalue weighted by atomic mass is 10.1. The molecule has 3 rings (SSSR count). The molecule has 1 heterocycles. The topological polar surface area (TPSA) is 118 Å². The molecule has 0 spiro atoms. The van der Waals surface area contributed by atoms with E-state index >= 15 is 0 Å². The summed E-state index contributed by atoms with van der Waals surface area (Å²) in [5, 5.41) is 20.3. The molecule has 2 aromatic rings. The lowest BCUT2D eigenvalue weighted by Gasteiger charge is -2.16. The van der Waals surface area contributed by atoms with Crippen LogP contribution in [0.1, 0.15) is 31.1 Å². The fourth-order valence-corrected chi connectivity index (χ4v) is 2.78. The fourth-order valence-electron chi connectivity index (χ4n) is 2.45. The number of carboxylic acid groups (broad SMARTS) is 1. The lowest BCUT2D eigenvalue weighted by Crippen LogP contribution is -2.31. The highest BCUT2D eigenvalue weighted by Gasteiger charge is 2.39. The molecule has 10 heteroatoms. The first-order chi connectivity index (χ1) is 11.7. The molecule has 2 amide bonds. The number of imide groups is 1. The summed E-state index contributed by atoms with van der Waals surface area (Å²) in [4.78, 5) is 47.3. The van der Waals surface area contributed by atoms with Crippen molar-refractivity contribution in [2.24, 2.45) is 0 Å². The van der Waals surface area contributed by atoms with Crippen LogP contribution >= 0.6 is 23.2 Å². The molecule has 0 unspecified atom stereocenters. The molecule has 126 valence electrons. The summed E-state index contributed by atoms with van der Waals surface area (Å²) >= 11 is 11.7. The molecule has 0 atom stereocenters. The minimum Gasteiger partial charge on any atom is -0.478 e. The second-order valence-electron chi connectivity index (χ2n) is 5.02. The van der Waals surface area contributed by atoms with E-state index in [0.29, 0.717) is 4.90 Å². The van der Waals surface area contributed by atoms with Gasteiger partial charge in [-0.25, -0.2) is 9.69 Å². The zero-order chi connectivity index (χ0) is 18.5. The Balaban J connectivity index is 2.22. The molecule has 1 aliphatic heterocycles. The molecule has 0 bridgehead atoms. The second-order valence-corrected chi connectivity index (χ2v) is 5.84. The lowest BCUT2D eigenvalue weighted by molar-refractivity contribution is -0.384. The normalized spacial score (nSPS) is 13.1. The van der Waals surface area contributed by atoms with Gasteiger partial charge in [0.15, 0.2) is 0 Å². The SMILES string of the molecule is O=C(O)c1ccc([N+](=O)[O-])cc1N1C(=O)c2cc(Cl)c(Cl)cc2C1=O. The number of benzene rings is 2. The average molecular weight is 381 g/mol. The Labute approximate surface area is 149 Å². The Morgan fingerprint density at radius 2 is 1.56 bits per heavy atom. The van der Waals surface area contributed by atoms with E-state index in [1.807, 2.05) is 0 Å². The van der Waals surface area contributed by atoms with Gasteiger partial charge in [0, 0.05) is 12.1 Å². The van der Waals surface area contributed by atoms with Crippen molar-refractivity contribution in [2.75, 3.05) is 4.90 Å². The Morgan fingerprint density at radius 3 is 2.00 bits per heavy atom. The second kappa shape index (κ2) is 5.83. The maximum absolute atomic E-state index is 12.6. The molecular formula is C15H6Cl2N2O6. The quantitative estimate of drug-likeness (QED) is 0.495. The average Bonchev–Trinajstić information content (AvgIpc) is 2.78. The molecule has 0 aromatic heterocycles. The highest BCUT2D eigenvalue weighted by atomic mass is 35.5. The van der Waals surface area contributed by atoms with E-state index in [1.165, 1.54) is 12.1 Å². The molecule has 0 saturated heterocycles. The number of nitro groups is 1. The number of aromatic carboxylic acids is 1. The number of anilines is 1. The summed E-state index contributed by atoms with van der Waals surface area (Å²) in [5.74, 6) is -3.14. The molecule has 0 fully saturated rings. The summed E-state index contributed by atoms with van der Waals surface area (Å²) in [6, 6.07) is 5.17. The molecule has 8 nitrogen and oxygen atoms in total. The van der Waals surface area contributed by atoms with Gasteiger partial charge >= 0.3 is 5.97 Å². The van der Waals surface area contributed by atoms with Crippen LogP contribution < -0.4 is 4.90 Å². The number of rotatable bonds is 3. The van der Waals surface area contributed by atoms with Crippen LogP contribution in [0.4, 0.5) is 11.4 Å². The number of hydrogen-bond donors (Lipinski definition) is 1. The Morgan fingerprint density at radius 1 is 1.04 bits per heavy atom. The number of carbonyl (C=O) groups excluding carboxylic acids is 2. The number of nitro benzene ring substituents is 1.